The number of rotatable bonds is 4. The zero-order valence-corrected chi connectivity index (χ0v) is 13.0. The van der Waals surface area contributed by atoms with Crippen molar-refractivity contribution in [3.8, 4) is 0 Å². The van der Waals surface area contributed by atoms with Gasteiger partial charge in [-0.15, -0.1) is 0 Å². The molecule has 0 aromatic heterocycles. The van der Waals surface area contributed by atoms with E-state index in [0.29, 0.717) is 0 Å². The molecule has 0 bridgehead atoms. The monoisotopic (exact) mass is 299 g/mol. The van der Waals surface area contributed by atoms with Crippen LogP contribution in [0.25, 0.3) is 6.08 Å². The van der Waals surface area contributed by atoms with E-state index in [4.69, 9.17) is 12.2 Å². The molecule has 3 heteroatoms. The van der Waals surface area contributed by atoms with Gasteiger partial charge in [0.1, 0.15) is 4.32 Å². The first-order valence-corrected chi connectivity index (χ1v) is 7.72. The highest BCUT2D eigenvalue weighted by Crippen LogP contribution is 2.14. The van der Waals surface area contributed by atoms with Crippen LogP contribution < -0.4 is 0 Å². The van der Waals surface area contributed by atoms with E-state index >= 15 is 0 Å². The first-order chi connectivity index (χ1) is 9.75. The van der Waals surface area contributed by atoms with E-state index in [9.17, 15) is 0 Å². The van der Waals surface area contributed by atoms with Crippen molar-refractivity contribution in [3.63, 3.8) is 0 Å². The summed E-state index contributed by atoms with van der Waals surface area (Å²) in [6.07, 6.45) is 2.08. The van der Waals surface area contributed by atoms with Crippen LogP contribution in [-0.4, -0.2) is 16.3 Å². The van der Waals surface area contributed by atoms with Crippen molar-refractivity contribution in [1.29, 1.82) is 0 Å². The van der Waals surface area contributed by atoms with Gasteiger partial charge >= 0.3 is 0 Å². The van der Waals surface area contributed by atoms with E-state index in [1.54, 1.807) is 11.8 Å². The standard InChI is InChI=1S/C17H17NS2/c1-18(14-16-10-6-3-7-11-16)17(19)20-13-12-15-8-4-2-5-9-15/h2-13H,14H2,1H3/b13-12+. The smallest absolute Gasteiger partial charge is 0.140 e. The molecule has 2 rings (SSSR count). The van der Waals surface area contributed by atoms with Crippen LogP contribution >= 0.6 is 24.0 Å². The van der Waals surface area contributed by atoms with Gasteiger partial charge in [-0.3, -0.25) is 0 Å². The normalized spacial score (nSPS) is 10.7. The van der Waals surface area contributed by atoms with E-state index in [0.717, 1.165) is 10.9 Å². The van der Waals surface area contributed by atoms with Crippen LogP contribution in [-0.2, 0) is 6.54 Å². The Labute approximate surface area is 130 Å². The molecule has 0 radical (unpaired) electrons. The Morgan fingerprint density at radius 3 is 2.30 bits per heavy atom. The van der Waals surface area contributed by atoms with Crippen LogP contribution in [0.5, 0.6) is 0 Å². The minimum atomic E-state index is 0.839. The first-order valence-electron chi connectivity index (χ1n) is 6.43. The fraction of sp³-hybridized carbons (Fsp3) is 0.118. The zero-order chi connectivity index (χ0) is 14.2. The summed E-state index contributed by atoms with van der Waals surface area (Å²) in [7, 11) is 2.03. The Morgan fingerprint density at radius 1 is 1.05 bits per heavy atom. The van der Waals surface area contributed by atoms with Crippen molar-refractivity contribution in [1.82, 2.24) is 4.90 Å². The van der Waals surface area contributed by atoms with E-state index in [1.165, 1.54) is 11.1 Å². The average Bonchev–Trinajstić information content (AvgIpc) is 2.49. The van der Waals surface area contributed by atoms with Crippen LogP contribution in [0.1, 0.15) is 11.1 Å². The van der Waals surface area contributed by atoms with Crippen molar-refractivity contribution in [2.24, 2.45) is 0 Å². The third-order valence-electron chi connectivity index (χ3n) is 2.80. The van der Waals surface area contributed by atoms with Crippen molar-refractivity contribution in [2.45, 2.75) is 6.54 Å². The van der Waals surface area contributed by atoms with Crippen LogP contribution in [0, 0.1) is 0 Å². The zero-order valence-electron chi connectivity index (χ0n) is 11.4. The summed E-state index contributed by atoms with van der Waals surface area (Å²) in [5.74, 6) is 0. The molecule has 102 valence electrons. The largest absolute Gasteiger partial charge is 0.356 e. The maximum absolute atomic E-state index is 5.43. The number of hydrogen-bond acceptors (Lipinski definition) is 2. The number of benzene rings is 2. The number of thiocarbonyl (C=S) groups is 1. The fourth-order valence-electron chi connectivity index (χ4n) is 1.75. The molecule has 0 atom stereocenters. The Morgan fingerprint density at radius 2 is 1.65 bits per heavy atom. The molecular formula is C17H17NS2. The summed E-state index contributed by atoms with van der Waals surface area (Å²) in [5, 5.41) is 2.04. The van der Waals surface area contributed by atoms with Gasteiger partial charge in [0.25, 0.3) is 0 Å². The predicted octanol–water partition coefficient (Wildman–Crippen LogP) is 4.81. The minimum Gasteiger partial charge on any atom is -0.356 e. The molecule has 0 fully saturated rings. The van der Waals surface area contributed by atoms with Crippen molar-refractivity contribution >= 4 is 34.4 Å². The topological polar surface area (TPSA) is 3.24 Å². The second-order valence-corrected chi connectivity index (χ2v) is 5.98. The highest BCUT2D eigenvalue weighted by molar-refractivity contribution is 8.24. The second-order valence-electron chi connectivity index (χ2n) is 4.44. The molecular weight excluding hydrogens is 282 g/mol. The molecule has 1 nitrogen and oxygen atoms in total. The summed E-state index contributed by atoms with van der Waals surface area (Å²) < 4.78 is 0.876. The van der Waals surface area contributed by atoms with Gasteiger partial charge in [0.15, 0.2) is 0 Å². The van der Waals surface area contributed by atoms with Gasteiger partial charge in [-0.25, -0.2) is 0 Å². The predicted molar refractivity (Wildman–Crippen MR) is 93.6 cm³/mol. The van der Waals surface area contributed by atoms with Crippen molar-refractivity contribution in [2.75, 3.05) is 7.05 Å². The molecule has 0 aliphatic rings. The van der Waals surface area contributed by atoms with Gasteiger partial charge in [-0.05, 0) is 22.6 Å². The Hall–Kier alpha value is -1.58. The molecule has 2 aromatic carbocycles. The molecule has 0 N–H and O–H groups in total. The highest BCUT2D eigenvalue weighted by atomic mass is 32.2. The fourth-order valence-corrected chi connectivity index (χ4v) is 2.56. The molecule has 0 spiro atoms. The lowest BCUT2D eigenvalue weighted by Crippen LogP contribution is -2.21. The van der Waals surface area contributed by atoms with E-state index in [-0.39, 0.29) is 0 Å². The summed E-state index contributed by atoms with van der Waals surface area (Å²) in [5.41, 5.74) is 2.46. The van der Waals surface area contributed by atoms with Crippen LogP contribution in [0.4, 0.5) is 0 Å². The molecule has 20 heavy (non-hydrogen) atoms. The summed E-state index contributed by atoms with van der Waals surface area (Å²) in [6, 6.07) is 20.6. The molecule has 0 saturated carbocycles. The van der Waals surface area contributed by atoms with Gasteiger partial charge in [0.2, 0.25) is 0 Å². The lowest BCUT2D eigenvalue weighted by atomic mass is 10.2. The van der Waals surface area contributed by atoms with Crippen molar-refractivity contribution < 1.29 is 0 Å². The van der Waals surface area contributed by atoms with E-state index in [2.05, 4.69) is 47.4 Å². The van der Waals surface area contributed by atoms with Gasteiger partial charge < -0.3 is 4.90 Å². The van der Waals surface area contributed by atoms with Gasteiger partial charge in [-0.1, -0.05) is 84.6 Å². The lowest BCUT2D eigenvalue weighted by Gasteiger charge is -2.18. The van der Waals surface area contributed by atoms with Gasteiger partial charge in [0, 0.05) is 13.6 Å². The summed E-state index contributed by atoms with van der Waals surface area (Å²) in [4.78, 5) is 2.09. The summed E-state index contributed by atoms with van der Waals surface area (Å²) in [6.45, 7) is 0.839. The quantitative estimate of drug-likeness (QED) is 0.746. The molecule has 0 saturated heterocycles. The van der Waals surface area contributed by atoms with E-state index < -0.39 is 0 Å². The molecule has 0 aliphatic heterocycles. The minimum absolute atomic E-state index is 0.839. The highest BCUT2D eigenvalue weighted by Gasteiger charge is 2.03. The number of thioether (sulfide) groups is 1. The number of hydrogen-bond donors (Lipinski definition) is 0. The maximum Gasteiger partial charge on any atom is 0.140 e. The van der Waals surface area contributed by atoms with Crippen LogP contribution in [0.15, 0.2) is 66.1 Å². The lowest BCUT2D eigenvalue weighted by molar-refractivity contribution is 0.519. The molecule has 0 unspecified atom stereocenters. The Kier molecular flexibility index (Phi) is 5.84. The van der Waals surface area contributed by atoms with Gasteiger partial charge in [-0.2, -0.15) is 0 Å². The first kappa shape index (κ1) is 14.8. The molecule has 0 aliphatic carbocycles. The second kappa shape index (κ2) is 7.88. The Balaban J connectivity index is 1.84. The Bertz CT molecular complexity index is 564. The molecule has 2 aromatic rings. The third kappa shape index (κ3) is 4.83. The molecule has 0 heterocycles. The van der Waals surface area contributed by atoms with Crippen molar-refractivity contribution in [3.05, 3.63) is 77.2 Å². The molecule has 0 amide bonds. The maximum atomic E-state index is 5.43. The average molecular weight is 299 g/mol. The van der Waals surface area contributed by atoms with Gasteiger partial charge in [0.05, 0.1) is 0 Å². The van der Waals surface area contributed by atoms with Crippen LogP contribution in [0.3, 0.4) is 0 Å². The summed E-state index contributed by atoms with van der Waals surface area (Å²) >= 11 is 7.00. The van der Waals surface area contributed by atoms with E-state index in [1.807, 2.05) is 36.7 Å². The third-order valence-corrected chi connectivity index (χ3v) is 4.19. The van der Waals surface area contributed by atoms with Crippen LogP contribution in [0.2, 0.25) is 0 Å². The SMILES string of the molecule is CN(Cc1ccccc1)C(=S)S/C=C/c1ccccc1. The number of nitrogens with zero attached hydrogens (tertiary/aromatic N) is 1.